The van der Waals surface area contributed by atoms with Crippen LogP contribution >= 0.6 is 0 Å². The fourth-order valence-corrected chi connectivity index (χ4v) is 1.30. The van der Waals surface area contributed by atoms with E-state index in [1.807, 2.05) is 0 Å². The fraction of sp³-hybridized carbons (Fsp3) is 0.273. The Morgan fingerprint density at radius 3 is 2.12 bits per heavy atom. The number of fused-ring (bicyclic) bond motifs is 7. The molecule has 0 saturated heterocycles. The Balaban J connectivity index is 0.00000128. The molecule has 79 valence electrons. The summed E-state index contributed by atoms with van der Waals surface area (Å²) >= 11 is 0. The number of esters is 2. The zero-order valence-corrected chi connectivity index (χ0v) is 11.2. The van der Waals surface area contributed by atoms with Crippen molar-refractivity contribution in [3.05, 3.63) is 35.4 Å². The summed E-state index contributed by atoms with van der Waals surface area (Å²) in [6.45, 7) is 1.77. The minimum Gasteiger partial charge on any atom is -0.458 e. The summed E-state index contributed by atoms with van der Waals surface area (Å²) in [6.07, 6.45) is -0.421. The molecule has 1 aromatic carbocycles. The van der Waals surface area contributed by atoms with Gasteiger partial charge in [0.25, 0.3) is 0 Å². The first-order chi connectivity index (χ1) is 7.16. The van der Waals surface area contributed by atoms with Crippen LogP contribution in [0, 0.1) is 0 Å². The second-order valence-corrected chi connectivity index (χ2v) is 3.39. The molecule has 4 nitrogen and oxygen atoms in total. The molecule has 2 heterocycles. The van der Waals surface area contributed by atoms with Crippen molar-refractivity contribution < 1.29 is 19.1 Å². The van der Waals surface area contributed by atoms with Crippen molar-refractivity contribution in [2.45, 2.75) is 13.0 Å². The molecule has 1 unspecified atom stereocenters. The number of rotatable bonds is 0. The van der Waals surface area contributed by atoms with Crippen LogP contribution in [0.15, 0.2) is 24.3 Å². The number of carbonyl (C=O) groups excluding carboxylic acids is 2. The fourth-order valence-electron chi connectivity index (χ4n) is 1.30. The zero-order chi connectivity index (χ0) is 10.8. The van der Waals surface area contributed by atoms with Crippen molar-refractivity contribution in [2.75, 3.05) is 6.61 Å². The molecule has 5 heteroatoms. The van der Waals surface area contributed by atoms with E-state index in [2.05, 4.69) is 0 Å². The summed E-state index contributed by atoms with van der Waals surface area (Å²) in [6, 6.07) is 6.21. The molecule has 3 rings (SSSR count). The second kappa shape index (κ2) is 5.48. The number of carbonyl (C=O) groups is 2. The Bertz CT molecular complexity index is 399. The molecule has 1 radical (unpaired) electrons. The molecule has 2 bridgehead atoms. The molecule has 0 spiro atoms. The SMILES string of the molecule is CC1COC(=O)c2ccc(cc2)C(=O)O1.[Na]. The topological polar surface area (TPSA) is 52.6 Å². The van der Waals surface area contributed by atoms with Gasteiger partial charge in [-0.3, -0.25) is 0 Å². The van der Waals surface area contributed by atoms with Crippen LogP contribution in [0.25, 0.3) is 0 Å². The predicted molar refractivity (Wildman–Crippen MR) is 57.4 cm³/mol. The minimum absolute atomic E-state index is 0. The van der Waals surface area contributed by atoms with Crippen LogP contribution < -0.4 is 0 Å². The maximum Gasteiger partial charge on any atom is 0.338 e. The molecule has 0 N–H and O–H groups in total. The van der Waals surface area contributed by atoms with Gasteiger partial charge in [-0.15, -0.1) is 0 Å². The van der Waals surface area contributed by atoms with Gasteiger partial charge in [0.05, 0.1) is 11.1 Å². The Morgan fingerprint density at radius 2 is 1.56 bits per heavy atom. The molecule has 2 aliphatic rings. The summed E-state index contributed by atoms with van der Waals surface area (Å²) in [4.78, 5) is 22.9. The van der Waals surface area contributed by atoms with Gasteiger partial charge in [0.2, 0.25) is 0 Å². The van der Waals surface area contributed by atoms with E-state index in [1.54, 1.807) is 31.2 Å². The van der Waals surface area contributed by atoms with Gasteiger partial charge in [0.15, 0.2) is 0 Å². The molecular formula is C11H10NaO4. The van der Waals surface area contributed by atoms with Crippen LogP contribution in [0.5, 0.6) is 0 Å². The first-order valence-electron chi connectivity index (χ1n) is 4.65. The van der Waals surface area contributed by atoms with Crippen LogP contribution in [-0.2, 0) is 9.47 Å². The largest absolute Gasteiger partial charge is 0.458 e. The summed E-state index contributed by atoms with van der Waals surface area (Å²) < 4.78 is 9.98. The Morgan fingerprint density at radius 1 is 1.06 bits per heavy atom. The summed E-state index contributed by atoms with van der Waals surface area (Å²) in [5.74, 6) is -0.793. The van der Waals surface area contributed by atoms with Crippen molar-refractivity contribution in [2.24, 2.45) is 0 Å². The van der Waals surface area contributed by atoms with E-state index in [0.29, 0.717) is 11.1 Å². The van der Waals surface area contributed by atoms with E-state index >= 15 is 0 Å². The third-order valence-electron chi connectivity index (χ3n) is 2.11. The van der Waals surface area contributed by atoms with Gasteiger partial charge in [0.1, 0.15) is 12.7 Å². The quantitative estimate of drug-likeness (QED) is 0.492. The van der Waals surface area contributed by atoms with Crippen molar-refractivity contribution in [3.8, 4) is 0 Å². The molecule has 16 heavy (non-hydrogen) atoms. The average molecular weight is 229 g/mol. The number of hydrogen-bond donors (Lipinski definition) is 0. The van der Waals surface area contributed by atoms with Gasteiger partial charge in [-0.1, -0.05) is 0 Å². The van der Waals surface area contributed by atoms with Crippen LogP contribution in [0.1, 0.15) is 27.6 Å². The summed E-state index contributed by atoms with van der Waals surface area (Å²) in [5.41, 5.74) is 0.890. The third-order valence-corrected chi connectivity index (χ3v) is 2.11. The van der Waals surface area contributed by atoms with Gasteiger partial charge < -0.3 is 9.47 Å². The summed E-state index contributed by atoms with van der Waals surface area (Å²) in [7, 11) is 0. The standard InChI is InChI=1S/C11H10O4.Na/c1-7-6-14-10(12)8-2-4-9(5-3-8)11(13)15-7;/h2-5,7H,6H2,1H3;. The summed E-state index contributed by atoms with van der Waals surface area (Å²) in [5, 5.41) is 0. The predicted octanol–water partition coefficient (Wildman–Crippen LogP) is 1.02. The number of hydrogen-bond acceptors (Lipinski definition) is 4. The van der Waals surface area contributed by atoms with Crippen LogP contribution in [0.2, 0.25) is 0 Å². The van der Waals surface area contributed by atoms with E-state index in [-0.39, 0.29) is 36.2 Å². The zero-order valence-electron chi connectivity index (χ0n) is 9.23. The minimum atomic E-state index is -0.421. The Hall–Kier alpha value is -0.840. The molecule has 2 aliphatic heterocycles. The normalized spacial score (nSPS) is 19.4. The Labute approximate surface area is 115 Å². The van der Waals surface area contributed by atoms with Crippen LogP contribution in [-0.4, -0.2) is 54.2 Å². The molecule has 0 amide bonds. The maximum atomic E-state index is 11.5. The van der Waals surface area contributed by atoms with Crippen molar-refractivity contribution in [1.29, 1.82) is 0 Å². The van der Waals surface area contributed by atoms with Crippen molar-refractivity contribution >= 4 is 41.5 Å². The second-order valence-electron chi connectivity index (χ2n) is 3.39. The smallest absolute Gasteiger partial charge is 0.338 e. The molecular weight excluding hydrogens is 219 g/mol. The van der Waals surface area contributed by atoms with Gasteiger partial charge in [0, 0.05) is 29.6 Å². The van der Waals surface area contributed by atoms with Crippen molar-refractivity contribution in [1.82, 2.24) is 0 Å². The number of benzene rings is 1. The van der Waals surface area contributed by atoms with E-state index in [9.17, 15) is 9.59 Å². The van der Waals surface area contributed by atoms with Crippen molar-refractivity contribution in [3.63, 3.8) is 0 Å². The molecule has 1 aromatic rings. The Kier molecular flexibility index (Phi) is 4.53. The molecule has 1 atom stereocenters. The van der Waals surface area contributed by atoms with Crippen LogP contribution in [0.3, 0.4) is 0 Å². The monoisotopic (exact) mass is 229 g/mol. The first-order valence-corrected chi connectivity index (χ1v) is 4.65. The van der Waals surface area contributed by atoms with Gasteiger partial charge >= 0.3 is 11.9 Å². The van der Waals surface area contributed by atoms with E-state index in [4.69, 9.17) is 9.47 Å². The number of ether oxygens (including phenoxy) is 2. The molecule has 0 saturated carbocycles. The van der Waals surface area contributed by atoms with Crippen LogP contribution in [0.4, 0.5) is 0 Å². The van der Waals surface area contributed by atoms with E-state index in [1.165, 1.54) is 0 Å². The maximum absolute atomic E-state index is 11.5. The van der Waals surface area contributed by atoms with Gasteiger partial charge in [-0.05, 0) is 31.2 Å². The van der Waals surface area contributed by atoms with E-state index < -0.39 is 18.0 Å². The van der Waals surface area contributed by atoms with E-state index in [0.717, 1.165) is 0 Å². The molecule has 0 aromatic heterocycles. The van der Waals surface area contributed by atoms with Gasteiger partial charge in [-0.25, -0.2) is 9.59 Å². The molecule has 0 aliphatic carbocycles. The molecule has 0 fully saturated rings. The average Bonchev–Trinajstić information content (AvgIpc) is 2.25. The van der Waals surface area contributed by atoms with Gasteiger partial charge in [-0.2, -0.15) is 0 Å². The third kappa shape index (κ3) is 2.84. The first kappa shape index (κ1) is 13.2.